The van der Waals surface area contributed by atoms with E-state index in [9.17, 15) is 9.18 Å². The fraction of sp³-hybridized carbons (Fsp3) is 0.333. The Morgan fingerprint density at radius 1 is 1.21 bits per heavy atom. The Kier molecular flexibility index (Phi) is 5.24. The number of halogens is 1. The van der Waals surface area contributed by atoms with E-state index in [1.807, 2.05) is 29.7 Å². The number of hydrogen-bond acceptors (Lipinski definition) is 6. The molecule has 2 aromatic heterocycles. The van der Waals surface area contributed by atoms with Crippen molar-refractivity contribution in [2.24, 2.45) is 0 Å². The number of Topliss-reactive ketones (excluding diaryl/α,β-unsaturated/α-hetero) is 1. The van der Waals surface area contributed by atoms with E-state index in [0.29, 0.717) is 25.5 Å². The summed E-state index contributed by atoms with van der Waals surface area (Å²) in [6.45, 7) is 3.11. The highest BCUT2D eigenvalue weighted by molar-refractivity contribution is 5.92. The van der Waals surface area contributed by atoms with Crippen LogP contribution in [0.25, 0.3) is 0 Å². The summed E-state index contributed by atoms with van der Waals surface area (Å²) in [5.74, 6) is 1.29. The maximum atomic E-state index is 13.0. The summed E-state index contributed by atoms with van der Waals surface area (Å²) < 4.78 is 14.8. The molecule has 4 rings (SSSR count). The van der Waals surface area contributed by atoms with E-state index in [-0.39, 0.29) is 17.6 Å². The molecule has 0 aliphatic carbocycles. The van der Waals surface area contributed by atoms with Gasteiger partial charge in [-0.2, -0.15) is 10.1 Å². The van der Waals surface area contributed by atoms with Crippen LogP contribution in [0.2, 0.25) is 0 Å². The minimum absolute atomic E-state index is 0.130. The Bertz CT molecular complexity index is 1020. The topological polar surface area (TPSA) is 75.9 Å². The van der Waals surface area contributed by atoms with Crippen molar-refractivity contribution < 1.29 is 9.18 Å². The smallest absolute Gasteiger partial charge is 0.224 e. The number of benzene rings is 1. The van der Waals surface area contributed by atoms with Gasteiger partial charge >= 0.3 is 0 Å². The highest BCUT2D eigenvalue weighted by Gasteiger charge is 2.30. The molecule has 7 nitrogen and oxygen atoms in total. The number of nitrogens with zero attached hydrogens (tertiary/aromatic N) is 5. The van der Waals surface area contributed by atoms with Crippen LogP contribution in [0.5, 0.6) is 0 Å². The van der Waals surface area contributed by atoms with Crippen molar-refractivity contribution in [3.63, 3.8) is 0 Å². The fourth-order valence-electron chi connectivity index (χ4n) is 3.63. The van der Waals surface area contributed by atoms with E-state index in [1.165, 1.54) is 12.1 Å². The SMILES string of the molecule is CC[C@H]1C(=O)Cc2cnc(NCc3cnn(Cc4ccc(F)cc4)c3)nc2N1C. The van der Waals surface area contributed by atoms with Gasteiger partial charge in [0, 0.05) is 43.5 Å². The van der Waals surface area contributed by atoms with Gasteiger partial charge in [0.15, 0.2) is 5.78 Å². The number of ketones is 1. The lowest BCUT2D eigenvalue weighted by Gasteiger charge is -2.33. The Labute approximate surface area is 168 Å². The molecule has 1 N–H and O–H groups in total. The molecular weight excluding hydrogens is 371 g/mol. The maximum Gasteiger partial charge on any atom is 0.224 e. The van der Waals surface area contributed by atoms with Crippen LogP contribution in [0.3, 0.4) is 0 Å². The number of fused-ring (bicyclic) bond motifs is 1. The third-order valence-electron chi connectivity index (χ3n) is 5.16. The van der Waals surface area contributed by atoms with Gasteiger partial charge in [-0.3, -0.25) is 9.48 Å². The molecule has 29 heavy (non-hydrogen) atoms. The number of anilines is 2. The molecule has 3 heterocycles. The largest absolute Gasteiger partial charge is 0.350 e. The van der Waals surface area contributed by atoms with Crippen molar-refractivity contribution in [1.29, 1.82) is 0 Å². The summed E-state index contributed by atoms with van der Waals surface area (Å²) in [7, 11) is 1.90. The average Bonchev–Trinajstić information content (AvgIpc) is 3.16. The summed E-state index contributed by atoms with van der Waals surface area (Å²) in [5.41, 5.74) is 2.83. The summed E-state index contributed by atoms with van der Waals surface area (Å²) in [6, 6.07) is 6.27. The van der Waals surface area contributed by atoms with Crippen molar-refractivity contribution in [2.45, 2.75) is 38.9 Å². The summed E-state index contributed by atoms with van der Waals surface area (Å²) in [4.78, 5) is 23.1. The first-order chi connectivity index (χ1) is 14.0. The highest BCUT2D eigenvalue weighted by Crippen LogP contribution is 2.27. The Balaban J connectivity index is 1.41. The lowest BCUT2D eigenvalue weighted by Crippen LogP contribution is -2.43. The number of hydrogen-bond donors (Lipinski definition) is 1. The first kappa shape index (κ1) is 19.0. The molecule has 1 aromatic carbocycles. The zero-order valence-corrected chi connectivity index (χ0v) is 16.5. The standard InChI is InChI=1S/C21H23FN6O/c1-3-18-19(29)8-16-11-24-21(26-20(16)27(18)2)23-9-15-10-25-28(13-15)12-14-4-6-17(22)7-5-14/h4-7,10-11,13,18H,3,8-9,12H2,1-2H3,(H,23,24,26)/t18-/m0/s1. The maximum absolute atomic E-state index is 13.0. The van der Waals surface area contributed by atoms with Gasteiger partial charge in [0.25, 0.3) is 0 Å². The number of carbonyl (C=O) groups is 1. The molecule has 0 unspecified atom stereocenters. The van der Waals surface area contributed by atoms with E-state index in [4.69, 9.17) is 0 Å². The molecule has 0 bridgehead atoms. The predicted molar refractivity (Wildman–Crippen MR) is 108 cm³/mol. The first-order valence-corrected chi connectivity index (χ1v) is 9.64. The van der Waals surface area contributed by atoms with Crippen molar-refractivity contribution in [1.82, 2.24) is 19.7 Å². The van der Waals surface area contributed by atoms with Crippen LogP contribution in [0.15, 0.2) is 42.9 Å². The molecule has 3 aromatic rings. The van der Waals surface area contributed by atoms with Gasteiger partial charge in [0.2, 0.25) is 5.95 Å². The number of nitrogens with one attached hydrogen (secondary N) is 1. The zero-order chi connectivity index (χ0) is 20.4. The Hall–Kier alpha value is -3.29. The van der Waals surface area contributed by atoms with E-state index in [2.05, 4.69) is 20.4 Å². The number of rotatable bonds is 6. The molecule has 1 atom stereocenters. The fourth-order valence-corrected chi connectivity index (χ4v) is 3.63. The molecule has 0 saturated heterocycles. The second-order valence-corrected chi connectivity index (χ2v) is 7.25. The molecule has 1 aliphatic heterocycles. The Morgan fingerprint density at radius 3 is 2.76 bits per heavy atom. The molecule has 0 radical (unpaired) electrons. The molecule has 0 spiro atoms. The van der Waals surface area contributed by atoms with E-state index < -0.39 is 0 Å². The lowest BCUT2D eigenvalue weighted by atomic mass is 9.97. The normalized spacial score (nSPS) is 16.0. The number of likely N-dealkylation sites (N-methyl/N-ethyl adjacent to an activating group) is 1. The monoisotopic (exact) mass is 394 g/mol. The van der Waals surface area contributed by atoms with Crippen LogP contribution < -0.4 is 10.2 Å². The molecule has 0 saturated carbocycles. The summed E-state index contributed by atoms with van der Waals surface area (Å²) in [6.07, 6.45) is 6.59. The van der Waals surface area contributed by atoms with Crippen molar-refractivity contribution in [2.75, 3.05) is 17.3 Å². The van der Waals surface area contributed by atoms with Gasteiger partial charge in [0.1, 0.15) is 11.6 Å². The van der Waals surface area contributed by atoms with Gasteiger partial charge in [-0.1, -0.05) is 19.1 Å². The van der Waals surface area contributed by atoms with E-state index in [1.54, 1.807) is 24.5 Å². The van der Waals surface area contributed by atoms with Crippen LogP contribution in [0.4, 0.5) is 16.2 Å². The minimum atomic E-state index is -0.246. The second-order valence-electron chi connectivity index (χ2n) is 7.25. The van der Waals surface area contributed by atoms with Crippen molar-refractivity contribution in [3.05, 3.63) is 65.4 Å². The van der Waals surface area contributed by atoms with Gasteiger partial charge in [-0.15, -0.1) is 0 Å². The van der Waals surface area contributed by atoms with Crippen molar-refractivity contribution >= 4 is 17.5 Å². The predicted octanol–water partition coefficient (Wildman–Crippen LogP) is 2.81. The van der Waals surface area contributed by atoms with Crippen LogP contribution in [0.1, 0.15) is 30.0 Å². The molecule has 0 fully saturated rings. The van der Waals surface area contributed by atoms with Gasteiger partial charge in [0.05, 0.1) is 18.8 Å². The first-order valence-electron chi connectivity index (χ1n) is 9.64. The number of carbonyl (C=O) groups excluding carboxylic acids is 1. The molecule has 8 heteroatoms. The third-order valence-corrected chi connectivity index (χ3v) is 5.16. The Morgan fingerprint density at radius 2 is 2.00 bits per heavy atom. The quantitative estimate of drug-likeness (QED) is 0.693. The van der Waals surface area contributed by atoms with Crippen LogP contribution in [0, 0.1) is 5.82 Å². The van der Waals surface area contributed by atoms with E-state index >= 15 is 0 Å². The van der Waals surface area contributed by atoms with Gasteiger partial charge in [-0.05, 0) is 24.1 Å². The molecule has 0 amide bonds. The third kappa shape index (κ3) is 4.11. The highest BCUT2D eigenvalue weighted by atomic mass is 19.1. The lowest BCUT2D eigenvalue weighted by molar-refractivity contribution is -0.120. The molecule has 150 valence electrons. The van der Waals surface area contributed by atoms with Gasteiger partial charge < -0.3 is 10.2 Å². The van der Waals surface area contributed by atoms with Crippen LogP contribution in [-0.2, 0) is 24.3 Å². The summed E-state index contributed by atoms with van der Waals surface area (Å²) in [5, 5.41) is 7.58. The minimum Gasteiger partial charge on any atom is -0.350 e. The summed E-state index contributed by atoms with van der Waals surface area (Å²) >= 11 is 0. The zero-order valence-electron chi connectivity index (χ0n) is 16.5. The second kappa shape index (κ2) is 7.98. The van der Waals surface area contributed by atoms with Crippen molar-refractivity contribution in [3.8, 4) is 0 Å². The van der Waals surface area contributed by atoms with E-state index in [0.717, 1.165) is 28.9 Å². The van der Waals surface area contributed by atoms with Gasteiger partial charge in [-0.25, -0.2) is 9.37 Å². The molecule has 1 aliphatic rings. The van der Waals surface area contributed by atoms with Crippen LogP contribution >= 0.6 is 0 Å². The number of aromatic nitrogens is 4. The molecular formula is C21H23FN6O. The average molecular weight is 394 g/mol. The van der Waals surface area contributed by atoms with Crippen LogP contribution in [-0.4, -0.2) is 38.6 Å².